The molecule has 1 unspecified atom stereocenters. The molecule has 0 bridgehead atoms. The Balaban J connectivity index is 2.52. The van der Waals surface area contributed by atoms with Gasteiger partial charge in [-0.3, -0.25) is 4.79 Å². The van der Waals surface area contributed by atoms with Crippen LogP contribution in [0.3, 0.4) is 0 Å². The van der Waals surface area contributed by atoms with Gasteiger partial charge in [0.05, 0.1) is 0 Å². The summed E-state index contributed by atoms with van der Waals surface area (Å²) in [6.07, 6.45) is 1.53. The first kappa shape index (κ1) is 13.3. The van der Waals surface area contributed by atoms with E-state index in [1.807, 2.05) is 6.92 Å². The summed E-state index contributed by atoms with van der Waals surface area (Å²) in [4.78, 5) is 15.6. The van der Waals surface area contributed by atoms with Gasteiger partial charge in [0.1, 0.15) is 5.15 Å². The fourth-order valence-corrected chi connectivity index (χ4v) is 2.03. The molecule has 1 aromatic heterocycles. The highest BCUT2D eigenvalue weighted by molar-refractivity contribution is 7.99. The molecule has 0 aromatic carbocycles. The molecule has 1 rings (SSSR count). The summed E-state index contributed by atoms with van der Waals surface area (Å²) < 4.78 is 0. The van der Waals surface area contributed by atoms with E-state index in [4.69, 9.17) is 11.6 Å². The minimum atomic E-state index is -0.103. The van der Waals surface area contributed by atoms with Crippen LogP contribution in [0.4, 0.5) is 0 Å². The molecular formula is C11H15ClN2OS. The number of nitrogens with zero attached hydrogens (tertiary/aromatic N) is 1. The lowest BCUT2D eigenvalue weighted by Gasteiger charge is -2.12. The van der Waals surface area contributed by atoms with E-state index in [0.717, 1.165) is 11.5 Å². The van der Waals surface area contributed by atoms with Gasteiger partial charge in [0.2, 0.25) is 0 Å². The maximum absolute atomic E-state index is 11.8. The second kappa shape index (κ2) is 6.76. The molecule has 16 heavy (non-hydrogen) atoms. The Bertz CT molecular complexity index is 360. The largest absolute Gasteiger partial charge is 0.349 e. The highest BCUT2D eigenvalue weighted by Gasteiger charge is 2.09. The van der Waals surface area contributed by atoms with Crippen molar-refractivity contribution in [2.75, 3.05) is 11.5 Å². The van der Waals surface area contributed by atoms with Crippen LogP contribution in [-0.2, 0) is 0 Å². The van der Waals surface area contributed by atoms with Gasteiger partial charge in [0, 0.05) is 23.6 Å². The molecule has 0 radical (unpaired) electrons. The number of pyridine rings is 1. The van der Waals surface area contributed by atoms with Crippen molar-refractivity contribution < 1.29 is 4.79 Å². The highest BCUT2D eigenvalue weighted by Crippen LogP contribution is 2.08. The molecule has 0 fully saturated rings. The second-order valence-corrected chi connectivity index (χ2v) is 5.11. The first-order chi connectivity index (χ1) is 7.63. The van der Waals surface area contributed by atoms with E-state index in [-0.39, 0.29) is 11.9 Å². The Morgan fingerprint density at radius 2 is 2.44 bits per heavy atom. The van der Waals surface area contributed by atoms with Gasteiger partial charge in [-0.15, -0.1) is 0 Å². The molecule has 0 saturated carbocycles. The fraction of sp³-hybridized carbons (Fsp3) is 0.455. The Morgan fingerprint density at radius 3 is 3.06 bits per heavy atom. The first-order valence-electron chi connectivity index (χ1n) is 5.13. The Labute approximate surface area is 105 Å². The fourth-order valence-electron chi connectivity index (χ4n) is 1.19. The molecule has 1 heterocycles. The van der Waals surface area contributed by atoms with Crippen molar-refractivity contribution >= 4 is 29.3 Å². The molecule has 1 atom stereocenters. The molecule has 0 aliphatic carbocycles. The SMILES string of the molecule is CCSCC(C)NC(=O)c1ccnc(Cl)c1. The average molecular weight is 259 g/mol. The minimum Gasteiger partial charge on any atom is -0.349 e. The number of amides is 1. The number of halogens is 1. The molecule has 3 nitrogen and oxygen atoms in total. The monoisotopic (exact) mass is 258 g/mol. The molecule has 88 valence electrons. The molecule has 1 amide bonds. The van der Waals surface area contributed by atoms with Crippen molar-refractivity contribution in [3.63, 3.8) is 0 Å². The Morgan fingerprint density at radius 1 is 1.69 bits per heavy atom. The first-order valence-corrected chi connectivity index (χ1v) is 6.67. The van der Waals surface area contributed by atoms with E-state index in [1.54, 1.807) is 23.9 Å². The van der Waals surface area contributed by atoms with Crippen molar-refractivity contribution in [3.8, 4) is 0 Å². The molecule has 0 aliphatic heterocycles. The number of rotatable bonds is 5. The zero-order valence-corrected chi connectivity index (χ0v) is 10.9. The van der Waals surface area contributed by atoms with Gasteiger partial charge in [0.25, 0.3) is 5.91 Å². The normalized spacial score (nSPS) is 12.2. The molecule has 1 aromatic rings. The smallest absolute Gasteiger partial charge is 0.251 e. The third-order valence-electron chi connectivity index (χ3n) is 1.94. The summed E-state index contributed by atoms with van der Waals surface area (Å²) in [5, 5.41) is 3.25. The summed E-state index contributed by atoms with van der Waals surface area (Å²) in [5.74, 6) is 1.87. The number of hydrogen-bond acceptors (Lipinski definition) is 3. The van der Waals surface area contributed by atoms with Crippen molar-refractivity contribution in [3.05, 3.63) is 29.0 Å². The molecule has 0 aliphatic rings. The third kappa shape index (κ3) is 4.41. The number of carbonyl (C=O) groups excluding carboxylic acids is 1. The van der Waals surface area contributed by atoms with Crippen LogP contribution in [0.15, 0.2) is 18.3 Å². The molecule has 1 N–H and O–H groups in total. The summed E-state index contributed by atoms with van der Waals surface area (Å²) >= 11 is 7.52. The van der Waals surface area contributed by atoms with Crippen LogP contribution >= 0.6 is 23.4 Å². The summed E-state index contributed by atoms with van der Waals surface area (Å²) in [7, 11) is 0. The van der Waals surface area contributed by atoms with E-state index in [0.29, 0.717) is 10.7 Å². The average Bonchev–Trinajstić information content (AvgIpc) is 2.26. The van der Waals surface area contributed by atoms with Gasteiger partial charge in [-0.2, -0.15) is 11.8 Å². The lowest BCUT2D eigenvalue weighted by molar-refractivity contribution is 0.0943. The topological polar surface area (TPSA) is 42.0 Å². The van der Waals surface area contributed by atoms with Crippen LogP contribution in [0.1, 0.15) is 24.2 Å². The maximum Gasteiger partial charge on any atom is 0.251 e. The van der Waals surface area contributed by atoms with E-state index < -0.39 is 0 Å². The molecule has 0 spiro atoms. The number of thioether (sulfide) groups is 1. The number of hydrogen-bond donors (Lipinski definition) is 1. The van der Waals surface area contributed by atoms with Crippen LogP contribution in [0.25, 0.3) is 0 Å². The highest BCUT2D eigenvalue weighted by atomic mass is 35.5. The lowest BCUT2D eigenvalue weighted by Crippen LogP contribution is -2.34. The number of carbonyl (C=O) groups is 1. The van der Waals surface area contributed by atoms with Gasteiger partial charge in [-0.25, -0.2) is 4.98 Å². The maximum atomic E-state index is 11.8. The summed E-state index contributed by atoms with van der Waals surface area (Å²) in [6, 6.07) is 3.38. The molecular weight excluding hydrogens is 244 g/mol. The van der Waals surface area contributed by atoms with Gasteiger partial charge in [0.15, 0.2) is 0 Å². The minimum absolute atomic E-state index is 0.103. The van der Waals surface area contributed by atoms with Crippen LogP contribution in [-0.4, -0.2) is 28.4 Å². The Kier molecular flexibility index (Phi) is 5.63. The van der Waals surface area contributed by atoms with Crippen LogP contribution in [0.2, 0.25) is 5.15 Å². The number of nitrogens with one attached hydrogen (secondary N) is 1. The number of aromatic nitrogens is 1. The predicted molar refractivity (Wildman–Crippen MR) is 69.2 cm³/mol. The lowest BCUT2D eigenvalue weighted by atomic mass is 10.2. The van der Waals surface area contributed by atoms with E-state index in [2.05, 4.69) is 17.2 Å². The third-order valence-corrected chi connectivity index (χ3v) is 3.29. The van der Waals surface area contributed by atoms with Gasteiger partial charge in [-0.1, -0.05) is 18.5 Å². The summed E-state index contributed by atoms with van der Waals surface area (Å²) in [5.41, 5.74) is 0.549. The van der Waals surface area contributed by atoms with E-state index >= 15 is 0 Å². The predicted octanol–water partition coefficient (Wildman–Crippen LogP) is 2.61. The molecule has 0 saturated heterocycles. The quantitative estimate of drug-likeness (QED) is 0.826. The van der Waals surface area contributed by atoms with Gasteiger partial charge < -0.3 is 5.32 Å². The van der Waals surface area contributed by atoms with Crippen molar-refractivity contribution in [2.24, 2.45) is 0 Å². The Hall–Kier alpha value is -0.740. The van der Waals surface area contributed by atoms with Crippen molar-refractivity contribution in [2.45, 2.75) is 19.9 Å². The zero-order valence-electron chi connectivity index (χ0n) is 9.37. The van der Waals surface area contributed by atoms with Crippen molar-refractivity contribution in [1.29, 1.82) is 0 Å². The standard InChI is InChI=1S/C11H15ClN2OS/c1-3-16-7-8(2)14-11(15)9-4-5-13-10(12)6-9/h4-6,8H,3,7H2,1-2H3,(H,14,15). The van der Waals surface area contributed by atoms with Gasteiger partial charge in [-0.05, 0) is 24.8 Å². The van der Waals surface area contributed by atoms with Crippen LogP contribution in [0, 0.1) is 0 Å². The summed E-state index contributed by atoms with van der Waals surface area (Å²) in [6.45, 7) is 4.09. The zero-order chi connectivity index (χ0) is 12.0. The second-order valence-electron chi connectivity index (χ2n) is 3.40. The van der Waals surface area contributed by atoms with Crippen molar-refractivity contribution in [1.82, 2.24) is 10.3 Å². The van der Waals surface area contributed by atoms with Crippen LogP contribution in [0.5, 0.6) is 0 Å². The van der Waals surface area contributed by atoms with E-state index in [9.17, 15) is 4.79 Å². The van der Waals surface area contributed by atoms with Gasteiger partial charge >= 0.3 is 0 Å². The van der Waals surface area contributed by atoms with Crippen LogP contribution < -0.4 is 5.32 Å². The van der Waals surface area contributed by atoms with E-state index in [1.165, 1.54) is 6.20 Å². The molecule has 5 heteroatoms.